The number of aryl methyl sites for hydroxylation is 2. The van der Waals surface area contributed by atoms with Crippen molar-refractivity contribution < 1.29 is 0 Å². The molecule has 1 N–H and O–H groups in total. The summed E-state index contributed by atoms with van der Waals surface area (Å²) >= 11 is 1.81. The Morgan fingerprint density at radius 2 is 2.06 bits per heavy atom. The maximum atomic E-state index is 4.65. The lowest BCUT2D eigenvalue weighted by Gasteiger charge is -2.30. The van der Waals surface area contributed by atoms with Crippen molar-refractivity contribution in [2.75, 3.05) is 6.54 Å². The number of nitrogens with zero attached hydrogens (tertiary/aromatic N) is 1. The van der Waals surface area contributed by atoms with Crippen LogP contribution in [0.25, 0.3) is 0 Å². The molecule has 3 unspecified atom stereocenters. The fraction of sp³-hybridized carbons (Fsp3) is 0.800. The van der Waals surface area contributed by atoms with Crippen LogP contribution in [0, 0.1) is 25.7 Å². The van der Waals surface area contributed by atoms with E-state index in [-0.39, 0.29) is 0 Å². The molecule has 2 rings (SSSR count). The monoisotopic (exact) mass is 266 g/mol. The first kappa shape index (κ1) is 14.0. The predicted octanol–water partition coefficient (Wildman–Crippen LogP) is 4.24. The second kappa shape index (κ2) is 6.16. The van der Waals surface area contributed by atoms with Crippen molar-refractivity contribution in [3.63, 3.8) is 0 Å². The summed E-state index contributed by atoms with van der Waals surface area (Å²) in [5.41, 5.74) is 1.25. The van der Waals surface area contributed by atoms with Crippen molar-refractivity contribution in [2.45, 2.75) is 59.4 Å². The average Bonchev–Trinajstić information content (AvgIpc) is 2.67. The zero-order chi connectivity index (χ0) is 13.1. The second-order valence-electron chi connectivity index (χ2n) is 5.83. The smallest absolute Gasteiger partial charge is 0.0900 e. The van der Waals surface area contributed by atoms with Crippen molar-refractivity contribution in [3.05, 3.63) is 15.6 Å². The average molecular weight is 266 g/mol. The van der Waals surface area contributed by atoms with E-state index in [0.29, 0.717) is 6.04 Å². The molecule has 1 fully saturated rings. The third-order valence-electron chi connectivity index (χ3n) is 4.32. The summed E-state index contributed by atoms with van der Waals surface area (Å²) in [4.78, 5) is 6.01. The molecule has 2 nitrogen and oxygen atoms in total. The Morgan fingerprint density at radius 1 is 1.33 bits per heavy atom. The summed E-state index contributed by atoms with van der Waals surface area (Å²) in [7, 11) is 0. The van der Waals surface area contributed by atoms with Crippen LogP contribution in [0.4, 0.5) is 0 Å². The van der Waals surface area contributed by atoms with Gasteiger partial charge in [-0.25, -0.2) is 4.98 Å². The molecule has 0 aromatic carbocycles. The minimum absolute atomic E-state index is 0.393. The zero-order valence-corrected chi connectivity index (χ0v) is 12.9. The Kier molecular flexibility index (Phi) is 4.79. The summed E-state index contributed by atoms with van der Waals surface area (Å²) < 4.78 is 0. The molecule has 102 valence electrons. The van der Waals surface area contributed by atoms with Crippen molar-refractivity contribution in [1.82, 2.24) is 10.3 Å². The van der Waals surface area contributed by atoms with Crippen LogP contribution in [0.2, 0.25) is 0 Å². The summed E-state index contributed by atoms with van der Waals surface area (Å²) in [5.74, 6) is 1.75. The lowest BCUT2D eigenvalue weighted by atomic mass is 9.80. The van der Waals surface area contributed by atoms with Crippen LogP contribution in [0.15, 0.2) is 0 Å². The van der Waals surface area contributed by atoms with E-state index in [1.807, 2.05) is 11.3 Å². The van der Waals surface area contributed by atoms with Crippen molar-refractivity contribution in [1.29, 1.82) is 0 Å². The van der Waals surface area contributed by atoms with Gasteiger partial charge in [0.15, 0.2) is 0 Å². The van der Waals surface area contributed by atoms with Crippen LogP contribution >= 0.6 is 11.3 Å². The fourth-order valence-electron chi connectivity index (χ4n) is 3.07. The quantitative estimate of drug-likeness (QED) is 0.882. The second-order valence-corrected chi connectivity index (χ2v) is 7.23. The van der Waals surface area contributed by atoms with Crippen LogP contribution in [0.1, 0.15) is 61.2 Å². The molecule has 3 heteroatoms. The Bertz CT molecular complexity index is 386. The molecule has 0 radical (unpaired) electrons. The lowest BCUT2D eigenvalue weighted by Crippen LogP contribution is -2.31. The molecule has 1 saturated carbocycles. The molecule has 0 aliphatic heterocycles. The fourth-order valence-corrected chi connectivity index (χ4v) is 3.98. The molecule has 0 spiro atoms. The van der Waals surface area contributed by atoms with Crippen molar-refractivity contribution >= 4 is 11.3 Å². The largest absolute Gasteiger partial charge is 0.309 e. The first-order chi connectivity index (χ1) is 8.58. The van der Waals surface area contributed by atoms with E-state index >= 15 is 0 Å². The summed E-state index contributed by atoms with van der Waals surface area (Å²) in [6.45, 7) is 10.1. The molecule has 18 heavy (non-hydrogen) atoms. The molecule has 0 saturated heterocycles. The first-order valence-electron chi connectivity index (χ1n) is 7.25. The van der Waals surface area contributed by atoms with E-state index in [1.165, 1.54) is 41.3 Å². The highest BCUT2D eigenvalue weighted by atomic mass is 32.1. The highest BCUT2D eigenvalue weighted by Crippen LogP contribution is 2.30. The standard InChI is InChI=1S/C15H26N2S/c1-10-7-5-6-8-14(10)9-16-11(2)15-12(3)18-13(4)17-15/h10-11,14,16H,5-9H2,1-4H3. The highest BCUT2D eigenvalue weighted by molar-refractivity contribution is 7.11. The van der Waals surface area contributed by atoms with E-state index in [4.69, 9.17) is 0 Å². The topological polar surface area (TPSA) is 24.9 Å². The normalized spacial score (nSPS) is 26.2. The van der Waals surface area contributed by atoms with E-state index in [0.717, 1.165) is 18.4 Å². The van der Waals surface area contributed by atoms with Crippen LogP contribution in [-0.4, -0.2) is 11.5 Å². The Labute approximate surface area is 115 Å². The van der Waals surface area contributed by atoms with Crippen molar-refractivity contribution in [2.24, 2.45) is 11.8 Å². The molecule has 0 bridgehead atoms. The maximum Gasteiger partial charge on any atom is 0.0900 e. The van der Waals surface area contributed by atoms with Gasteiger partial charge in [0.25, 0.3) is 0 Å². The van der Waals surface area contributed by atoms with E-state index < -0.39 is 0 Å². The summed E-state index contributed by atoms with van der Waals surface area (Å²) in [6, 6.07) is 0.393. The molecule has 1 aliphatic rings. The number of rotatable bonds is 4. The van der Waals surface area contributed by atoms with Gasteiger partial charge in [-0.1, -0.05) is 26.2 Å². The zero-order valence-electron chi connectivity index (χ0n) is 12.1. The minimum atomic E-state index is 0.393. The predicted molar refractivity (Wildman–Crippen MR) is 79.1 cm³/mol. The summed E-state index contributed by atoms with van der Waals surface area (Å²) in [5, 5.41) is 4.88. The molecule has 1 aliphatic carbocycles. The van der Waals surface area contributed by atoms with Gasteiger partial charge in [-0.05, 0) is 45.6 Å². The van der Waals surface area contributed by atoms with Crippen LogP contribution in [-0.2, 0) is 0 Å². The number of hydrogen-bond acceptors (Lipinski definition) is 3. The molecule has 1 heterocycles. The van der Waals surface area contributed by atoms with Gasteiger partial charge in [-0.3, -0.25) is 0 Å². The summed E-state index contributed by atoms with van der Waals surface area (Å²) in [6.07, 6.45) is 5.66. The molecule has 3 atom stereocenters. The van der Waals surface area contributed by atoms with Gasteiger partial charge in [0.1, 0.15) is 0 Å². The number of hydrogen-bond donors (Lipinski definition) is 1. The first-order valence-corrected chi connectivity index (χ1v) is 8.07. The molecule has 0 amide bonds. The van der Waals surface area contributed by atoms with E-state index in [1.54, 1.807) is 0 Å². The van der Waals surface area contributed by atoms with Gasteiger partial charge < -0.3 is 5.32 Å². The minimum Gasteiger partial charge on any atom is -0.309 e. The Morgan fingerprint density at radius 3 is 2.67 bits per heavy atom. The van der Waals surface area contributed by atoms with E-state index in [2.05, 4.69) is 38.0 Å². The van der Waals surface area contributed by atoms with Gasteiger partial charge in [0.05, 0.1) is 10.7 Å². The number of aromatic nitrogens is 1. The Balaban J connectivity index is 1.87. The number of thiazole rings is 1. The van der Waals surface area contributed by atoms with Gasteiger partial charge in [0, 0.05) is 10.9 Å². The van der Waals surface area contributed by atoms with Crippen LogP contribution < -0.4 is 5.32 Å². The third kappa shape index (κ3) is 3.33. The van der Waals surface area contributed by atoms with Gasteiger partial charge in [-0.15, -0.1) is 11.3 Å². The van der Waals surface area contributed by atoms with Gasteiger partial charge >= 0.3 is 0 Å². The van der Waals surface area contributed by atoms with Gasteiger partial charge in [0.2, 0.25) is 0 Å². The molecule has 1 aromatic rings. The highest BCUT2D eigenvalue weighted by Gasteiger charge is 2.22. The SMILES string of the molecule is Cc1nc(C(C)NCC2CCCCC2C)c(C)s1. The molecular weight excluding hydrogens is 240 g/mol. The third-order valence-corrected chi connectivity index (χ3v) is 5.23. The van der Waals surface area contributed by atoms with Crippen molar-refractivity contribution in [3.8, 4) is 0 Å². The number of nitrogens with one attached hydrogen (secondary N) is 1. The van der Waals surface area contributed by atoms with E-state index in [9.17, 15) is 0 Å². The lowest BCUT2D eigenvalue weighted by molar-refractivity contribution is 0.242. The molecule has 1 aromatic heterocycles. The van der Waals surface area contributed by atoms with Gasteiger partial charge in [-0.2, -0.15) is 0 Å². The van der Waals surface area contributed by atoms with Crippen LogP contribution in [0.3, 0.4) is 0 Å². The van der Waals surface area contributed by atoms with Crippen LogP contribution in [0.5, 0.6) is 0 Å². The maximum absolute atomic E-state index is 4.65. The molecular formula is C15H26N2S. The Hall–Kier alpha value is -0.410.